The van der Waals surface area contributed by atoms with Crippen molar-refractivity contribution in [1.82, 2.24) is 0 Å². The maximum Gasteiger partial charge on any atom is 0.0900 e. The Morgan fingerprint density at radius 1 is 1.12 bits per heavy atom. The predicted octanol–water partition coefficient (Wildman–Crippen LogP) is 3.94. The van der Waals surface area contributed by atoms with Crippen LogP contribution in [0.1, 0.15) is 23.7 Å². The Hall–Kier alpha value is -1.60. The quantitative estimate of drug-likeness (QED) is 0.656. The summed E-state index contributed by atoms with van der Waals surface area (Å²) in [5, 5.41) is 2.63. The fourth-order valence-electron chi connectivity index (χ4n) is 3.32. The van der Waals surface area contributed by atoms with Crippen molar-refractivity contribution in [3.8, 4) is 0 Å². The largest absolute Gasteiger partial charge is 0.373 e. The molecule has 1 aliphatic carbocycles. The van der Waals surface area contributed by atoms with Crippen molar-refractivity contribution < 1.29 is 4.74 Å². The fraction of sp³-hybridized carbons (Fsp3) is 0.250. The summed E-state index contributed by atoms with van der Waals surface area (Å²) in [6.45, 7) is 5.18. The van der Waals surface area contributed by atoms with Gasteiger partial charge in [-0.2, -0.15) is 0 Å². The van der Waals surface area contributed by atoms with Crippen molar-refractivity contribution in [2.75, 3.05) is 6.61 Å². The molecule has 2 aromatic carbocycles. The van der Waals surface area contributed by atoms with Crippen LogP contribution < -0.4 is 0 Å². The Kier molecular flexibility index (Phi) is 1.78. The summed E-state index contributed by atoms with van der Waals surface area (Å²) in [4.78, 5) is 0. The van der Waals surface area contributed by atoms with Gasteiger partial charge in [-0.3, -0.25) is 0 Å². The number of ether oxygens (including phenoxy) is 1. The van der Waals surface area contributed by atoms with Crippen LogP contribution in [0.4, 0.5) is 0 Å². The molecule has 0 bridgehead atoms. The molecule has 0 unspecified atom stereocenters. The minimum atomic E-state index is 0.266. The third kappa shape index (κ3) is 1.12. The zero-order valence-corrected chi connectivity index (χ0v) is 9.65. The summed E-state index contributed by atoms with van der Waals surface area (Å²) in [6.07, 6.45) is 1.38. The van der Waals surface area contributed by atoms with Crippen LogP contribution in [0.25, 0.3) is 16.3 Å². The summed E-state index contributed by atoms with van der Waals surface area (Å²) in [5.41, 5.74) is 3.97. The first-order valence-electron chi connectivity index (χ1n) is 6.18. The van der Waals surface area contributed by atoms with Crippen molar-refractivity contribution >= 4 is 16.3 Å². The summed E-state index contributed by atoms with van der Waals surface area (Å²) in [5.74, 6) is 0.510. The molecule has 1 heteroatoms. The van der Waals surface area contributed by atoms with Crippen molar-refractivity contribution in [2.45, 2.75) is 12.5 Å². The highest BCUT2D eigenvalue weighted by Crippen LogP contribution is 2.52. The van der Waals surface area contributed by atoms with E-state index in [0.717, 1.165) is 13.0 Å². The Morgan fingerprint density at radius 2 is 2.00 bits per heavy atom. The number of rotatable bonds is 0. The van der Waals surface area contributed by atoms with Crippen LogP contribution in [0.2, 0.25) is 0 Å². The number of hydrogen-bond acceptors (Lipinski definition) is 1. The van der Waals surface area contributed by atoms with Gasteiger partial charge in [0.15, 0.2) is 0 Å². The van der Waals surface area contributed by atoms with Gasteiger partial charge in [0, 0.05) is 12.5 Å². The lowest BCUT2D eigenvalue weighted by Gasteiger charge is -2.09. The molecule has 0 N–H and O–H groups in total. The van der Waals surface area contributed by atoms with Gasteiger partial charge >= 0.3 is 0 Å². The van der Waals surface area contributed by atoms with E-state index in [-0.39, 0.29) is 6.10 Å². The number of hydrogen-bond donors (Lipinski definition) is 0. The molecule has 1 aliphatic heterocycles. The molecule has 1 fully saturated rings. The summed E-state index contributed by atoms with van der Waals surface area (Å²) >= 11 is 0. The molecule has 17 heavy (non-hydrogen) atoms. The van der Waals surface area contributed by atoms with Crippen molar-refractivity contribution in [3.05, 3.63) is 54.1 Å². The minimum Gasteiger partial charge on any atom is -0.373 e. The first-order valence-corrected chi connectivity index (χ1v) is 6.18. The highest BCUT2D eigenvalue weighted by molar-refractivity contribution is 5.97. The van der Waals surface area contributed by atoms with Crippen LogP contribution in [-0.2, 0) is 4.74 Å². The SMILES string of the molecule is C=C1c2c(ccc3ccccc23)[C@@H]2OCC[C@H]12. The van der Waals surface area contributed by atoms with Crippen LogP contribution in [-0.4, -0.2) is 6.61 Å². The highest BCUT2D eigenvalue weighted by atomic mass is 16.5. The molecule has 2 aromatic rings. The van der Waals surface area contributed by atoms with E-state index >= 15 is 0 Å². The Balaban J connectivity index is 2.07. The molecular weight excluding hydrogens is 208 g/mol. The number of benzene rings is 2. The molecule has 0 saturated carbocycles. The maximum atomic E-state index is 5.86. The zero-order chi connectivity index (χ0) is 11.4. The fourth-order valence-corrected chi connectivity index (χ4v) is 3.32. The van der Waals surface area contributed by atoms with Gasteiger partial charge < -0.3 is 4.74 Å². The molecule has 1 heterocycles. The van der Waals surface area contributed by atoms with Crippen LogP contribution in [0.5, 0.6) is 0 Å². The van der Waals surface area contributed by atoms with Gasteiger partial charge in [-0.05, 0) is 33.9 Å². The van der Waals surface area contributed by atoms with Gasteiger partial charge in [0.1, 0.15) is 0 Å². The van der Waals surface area contributed by atoms with E-state index in [1.165, 1.54) is 27.5 Å². The van der Waals surface area contributed by atoms with E-state index in [1.54, 1.807) is 0 Å². The Bertz CT molecular complexity index is 626. The highest BCUT2D eigenvalue weighted by Gasteiger charge is 2.40. The van der Waals surface area contributed by atoms with Crippen molar-refractivity contribution in [3.63, 3.8) is 0 Å². The first kappa shape index (κ1) is 9.43. The summed E-state index contributed by atoms with van der Waals surface area (Å²) in [7, 11) is 0. The molecule has 0 aromatic heterocycles. The second-order valence-corrected chi connectivity index (χ2v) is 4.96. The molecule has 1 nitrogen and oxygen atoms in total. The summed E-state index contributed by atoms with van der Waals surface area (Å²) < 4.78 is 5.86. The minimum absolute atomic E-state index is 0.266. The molecule has 0 spiro atoms. The van der Waals surface area contributed by atoms with E-state index < -0.39 is 0 Å². The molecule has 0 radical (unpaired) electrons. The molecule has 2 aliphatic rings. The first-order chi connectivity index (χ1) is 8.36. The van der Waals surface area contributed by atoms with Crippen LogP contribution in [0, 0.1) is 5.92 Å². The number of fused-ring (bicyclic) bond motifs is 5. The van der Waals surface area contributed by atoms with Gasteiger partial charge in [0.05, 0.1) is 6.10 Å². The van der Waals surface area contributed by atoms with Gasteiger partial charge in [-0.25, -0.2) is 0 Å². The van der Waals surface area contributed by atoms with E-state index in [9.17, 15) is 0 Å². The molecule has 84 valence electrons. The average Bonchev–Trinajstić information content (AvgIpc) is 2.93. The topological polar surface area (TPSA) is 9.23 Å². The lowest BCUT2D eigenvalue weighted by molar-refractivity contribution is 0.105. The lowest BCUT2D eigenvalue weighted by atomic mass is 9.96. The third-order valence-corrected chi connectivity index (χ3v) is 4.13. The zero-order valence-electron chi connectivity index (χ0n) is 9.65. The average molecular weight is 222 g/mol. The molecule has 0 amide bonds. The second-order valence-electron chi connectivity index (χ2n) is 4.96. The van der Waals surface area contributed by atoms with Gasteiger partial charge in [-0.1, -0.05) is 43.0 Å². The summed E-state index contributed by atoms with van der Waals surface area (Å²) in [6, 6.07) is 13.0. The molecule has 4 rings (SSSR count). The van der Waals surface area contributed by atoms with E-state index in [2.05, 4.69) is 43.0 Å². The van der Waals surface area contributed by atoms with Gasteiger partial charge in [0.25, 0.3) is 0 Å². The van der Waals surface area contributed by atoms with Gasteiger partial charge in [0.2, 0.25) is 0 Å². The Labute approximate surface area is 101 Å². The van der Waals surface area contributed by atoms with Gasteiger partial charge in [-0.15, -0.1) is 0 Å². The maximum absolute atomic E-state index is 5.86. The Morgan fingerprint density at radius 3 is 2.94 bits per heavy atom. The van der Waals surface area contributed by atoms with Crippen LogP contribution in [0.15, 0.2) is 43.0 Å². The predicted molar refractivity (Wildman–Crippen MR) is 69.8 cm³/mol. The lowest BCUT2D eigenvalue weighted by Crippen LogP contribution is -1.98. The van der Waals surface area contributed by atoms with E-state index in [1.807, 2.05) is 0 Å². The van der Waals surface area contributed by atoms with Crippen molar-refractivity contribution in [2.24, 2.45) is 5.92 Å². The van der Waals surface area contributed by atoms with Crippen LogP contribution in [0.3, 0.4) is 0 Å². The van der Waals surface area contributed by atoms with E-state index in [0.29, 0.717) is 5.92 Å². The monoisotopic (exact) mass is 222 g/mol. The molecular formula is C16H14O. The molecule has 1 saturated heterocycles. The second kappa shape index (κ2) is 3.21. The van der Waals surface area contributed by atoms with Crippen molar-refractivity contribution in [1.29, 1.82) is 0 Å². The normalized spacial score (nSPS) is 26.2. The van der Waals surface area contributed by atoms with Crippen LogP contribution >= 0.6 is 0 Å². The molecule has 2 atom stereocenters. The third-order valence-electron chi connectivity index (χ3n) is 4.13. The van der Waals surface area contributed by atoms with E-state index in [4.69, 9.17) is 4.74 Å². The smallest absolute Gasteiger partial charge is 0.0900 e. The standard InChI is InChI=1S/C16H14O/c1-10-12-8-9-17-16(12)14-7-6-11-4-2-3-5-13(11)15(10)14/h2-7,12,16H,1,8-9H2/t12-,16-/m1/s1.